The van der Waals surface area contributed by atoms with Crippen LogP contribution in [-0.2, 0) is 34.6 Å². The number of hydrogen-bond donors (Lipinski definition) is 2. The van der Waals surface area contributed by atoms with Gasteiger partial charge in [-0.1, -0.05) is 0 Å². The Hall–Kier alpha value is -2.39. The van der Waals surface area contributed by atoms with Gasteiger partial charge >= 0.3 is 0 Å². The standard InChI is InChI=1S/C19H21F3N4O2/c20-12-7-14(21)13(15(22)8-12)9-23-17(27)10-26-11-24-18-16(26)1-4-25-19(18)2-5-28-6-3-19/h7-8,11,25H,1-6,9-10H2,(H,23,27). The third kappa shape index (κ3) is 3.51. The molecule has 6 nitrogen and oxygen atoms in total. The lowest BCUT2D eigenvalue weighted by atomic mass is 9.82. The molecule has 9 heteroatoms. The summed E-state index contributed by atoms with van der Waals surface area (Å²) in [6.07, 6.45) is 4.03. The minimum atomic E-state index is -1.02. The predicted octanol–water partition coefficient (Wildman–Crippen LogP) is 1.77. The Morgan fingerprint density at radius 1 is 1.25 bits per heavy atom. The van der Waals surface area contributed by atoms with E-state index in [9.17, 15) is 18.0 Å². The van der Waals surface area contributed by atoms with Crippen molar-refractivity contribution in [3.63, 3.8) is 0 Å². The van der Waals surface area contributed by atoms with Crippen LogP contribution in [-0.4, -0.2) is 35.2 Å². The number of carbonyl (C=O) groups is 1. The second kappa shape index (κ2) is 7.56. The second-order valence-corrected chi connectivity index (χ2v) is 7.16. The van der Waals surface area contributed by atoms with E-state index in [0.717, 1.165) is 37.2 Å². The predicted molar refractivity (Wildman–Crippen MR) is 93.8 cm³/mol. The minimum Gasteiger partial charge on any atom is -0.381 e. The average molecular weight is 394 g/mol. The zero-order valence-corrected chi connectivity index (χ0v) is 15.2. The summed E-state index contributed by atoms with van der Waals surface area (Å²) >= 11 is 0. The summed E-state index contributed by atoms with van der Waals surface area (Å²) in [6, 6.07) is 1.19. The van der Waals surface area contributed by atoms with Crippen LogP contribution >= 0.6 is 0 Å². The van der Waals surface area contributed by atoms with Gasteiger partial charge in [0.15, 0.2) is 0 Å². The molecule has 150 valence electrons. The first kappa shape index (κ1) is 18.9. The van der Waals surface area contributed by atoms with Crippen LogP contribution in [0.15, 0.2) is 18.5 Å². The van der Waals surface area contributed by atoms with Gasteiger partial charge in [-0.05, 0) is 12.8 Å². The highest BCUT2D eigenvalue weighted by atomic mass is 19.1. The fraction of sp³-hybridized carbons (Fsp3) is 0.474. The number of imidazole rings is 1. The highest BCUT2D eigenvalue weighted by Gasteiger charge is 2.40. The van der Waals surface area contributed by atoms with E-state index in [1.54, 1.807) is 10.9 Å². The van der Waals surface area contributed by atoms with E-state index in [-0.39, 0.29) is 24.2 Å². The van der Waals surface area contributed by atoms with Gasteiger partial charge in [0.2, 0.25) is 5.91 Å². The Morgan fingerprint density at radius 2 is 1.96 bits per heavy atom. The number of hydrogen-bond acceptors (Lipinski definition) is 4. The van der Waals surface area contributed by atoms with Gasteiger partial charge in [-0.25, -0.2) is 18.2 Å². The lowest BCUT2D eigenvalue weighted by Gasteiger charge is -2.40. The summed E-state index contributed by atoms with van der Waals surface area (Å²) in [4.78, 5) is 16.9. The zero-order valence-electron chi connectivity index (χ0n) is 15.2. The third-order valence-electron chi connectivity index (χ3n) is 5.45. The molecule has 0 unspecified atom stereocenters. The number of nitrogens with zero attached hydrogens (tertiary/aromatic N) is 2. The van der Waals surface area contributed by atoms with Crippen molar-refractivity contribution in [3.8, 4) is 0 Å². The van der Waals surface area contributed by atoms with E-state index >= 15 is 0 Å². The molecular formula is C19H21F3N4O2. The SMILES string of the molecule is O=C(Cn1cnc2c1CCNC21CCOCC1)NCc1c(F)cc(F)cc1F. The Balaban J connectivity index is 1.45. The van der Waals surface area contributed by atoms with Gasteiger partial charge in [-0.3, -0.25) is 4.79 Å². The maximum absolute atomic E-state index is 13.7. The Kier molecular flexibility index (Phi) is 5.11. The van der Waals surface area contributed by atoms with Gasteiger partial charge in [0, 0.05) is 56.1 Å². The van der Waals surface area contributed by atoms with E-state index in [1.807, 2.05) is 0 Å². The van der Waals surface area contributed by atoms with E-state index in [0.29, 0.717) is 25.3 Å². The zero-order chi connectivity index (χ0) is 19.7. The van der Waals surface area contributed by atoms with Crippen molar-refractivity contribution in [2.45, 2.75) is 37.9 Å². The molecule has 3 heterocycles. The van der Waals surface area contributed by atoms with Crippen LogP contribution in [0, 0.1) is 17.5 Å². The summed E-state index contributed by atoms with van der Waals surface area (Å²) < 4.78 is 47.6. The summed E-state index contributed by atoms with van der Waals surface area (Å²) in [7, 11) is 0. The van der Waals surface area contributed by atoms with Crippen LogP contribution in [0.25, 0.3) is 0 Å². The lowest BCUT2D eigenvalue weighted by Crippen LogP contribution is -2.51. The molecule has 1 spiro atoms. The average Bonchev–Trinajstić information content (AvgIpc) is 3.06. The van der Waals surface area contributed by atoms with Gasteiger partial charge < -0.3 is 19.9 Å². The van der Waals surface area contributed by atoms with E-state index in [1.165, 1.54) is 0 Å². The van der Waals surface area contributed by atoms with Crippen LogP contribution < -0.4 is 10.6 Å². The number of fused-ring (bicyclic) bond motifs is 2. The molecular weight excluding hydrogens is 373 g/mol. The Labute approximate surface area is 160 Å². The summed E-state index contributed by atoms with van der Waals surface area (Å²) in [5.74, 6) is -3.44. The number of aromatic nitrogens is 2. The maximum atomic E-state index is 13.7. The van der Waals surface area contributed by atoms with Crippen LogP contribution in [0.5, 0.6) is 0 Å². The minimum absolute atomic E-state index is 0.000649. The van der Waals surface area contributed by atoms with E-state index < -0.39 is 23.4 Å². The molecule has 0 saturated carbocycles. The Bertz CT molecular complexity index is 870. The smallest absolute Gasteiger partial charge is 0.240 e. The first-order valence-electron chi connectivity index (χ1n) is 9.26. The number of nitrogens with one attached hydrogen (secondary N) is 2. The van der Waals surface area contributed by atoms with Gasteiger partial charge in [0.1, 0.15) is 24.0 Å². The Morgan fingerprint density at radius 3 is 2.68 bits per heavy atom. The van der Waals surface area contributed by atoms with Crippen molar-refractivity contribution in [2.75, 3.05) is 19.8 Å². The van der Waals surface area contributed by atoms with Gasteiger partial charge in [-0.2, -0.15) is 0 Å². The molecule has 0 atom stereocenters. The number of amides is 1. The first-order chi connectivity index (χ1) is 13.5. The number of rotatable bonds is 4. The fourth-order valence-electron chi connectivity index (χ4n) is 3.98. The second-order valence-electron chi connectivity index (χ2n) is 7.16. The molecule has 2 N–H and O–H groups in total. The third-order valence-corrected chi connectivity index (χ3v) is 5.45. The highest BCUT2D eigenvalue weighted by Crippen LogP contribution is 2.35. The van der Waals surface area contributed by atoms with Crippen molar-refractivity contribution in [3.05, 3.63) is 52.9 Å². The van der Waals surface area contributed by atoms with Crippen molar-refractivity contribution < 1.29 is 22.7 Å². The molecule has 4 rings (SSSR count). The van der Waals surface area contributed by atoms with Crippen LogP contribution in [0.2, 0.25) is 0 Å². The quantitative estimate of drug-likeness (QED) is 0.830. The van der Waals surface area contributed by atoms with E-state index in [4.69, 9.17) is 4.74 Å². The van der Waals surface area contributed by atoms with Crippen molar-refractivity contribution in [1.82, 2.24) is 20.2 Å². The van der Waals surface area contributed by atoms with Crippen LogP contribution in [0.1, 0.15) is 29.8 Å². The van der Waals surface area contributed by atoms with Crippen molar-refractivity contribution in [1.29, 1.82) is 0 Å². The molecule has 0 bridgehead atoms. The molecule has 1 aromatic heterocycles. The molecule has 1 amide bonds. The van der Waals surface area contributed by atoms with Crippen LogP contribution in [0.3, 0.4) is 0 Å². The summed E-state index contributed by atoms with van der Waals surface area (Å²) in [5, 5.41) is 6.04. The molecule has 2 aliphatic heterocycles. The number of carbonyl (C=O) groups excluding carboxylic acids is 1. The maximum Gasteiger partial charge on any atom is 0.240 e. The van der Waals surface area contributed by atoms with Crippen molar-refractivity contribution in [2.24, 2.45) is 0 Å². The number of benzene rings is 1. The van der Waals surface area contributed by atoms with Gasteiger partial charge in [0.25, 0.3) is 0 Å². The summed E-state index contributed by atoms with van der Waals surface area (Å²) in [6.45, 7) is 1.76. The molecule has 0 radical (unpaired) electrons. The van der Waals surface area contributed by atoms with Gasteiger partial charge in [0.05, 0.1) is 17.6 Å². The molecule has 1 fully saturated rings. The fourth-order valence-corrected chi connectivity index (χ4v) is 3.98. The normalized spacial score (nSPS) is 18.1. The van der Waals surface area contributed by atoms with Gasteiger partial charge in [-0.15, -0.1) is 0 Å². The lowest BCUT2D eigenvalue weighted by molar-refractivity contribution is -0.121. The van der Waals surface area contributed by atoms with Crippen LogP contribution in [0.4, 0.5) is 13.2 Å². The molecule has 0 aliphatic carbocycles. The molecule has 2 aromatic rings. The van der Waals surface area contributed by atoms with Crippen molar-refractivity contribution >= 4 is 5.91 Å². The highest BCUT2D eigenvalue weighted by molar-refractivity contribution is 5.75. The number of halogens is 3. The largest absolute Gasteiger partial charge is 0.381 e. The molecule has 1 saturated heterocycles. The van der Waals surface area contributed by atoms with E-state index in [2.05, 4.69) is 15.6 Å². The molecule has 1 aromatic carbocycles. The monoisotopic (exact) mass is 394 g/mol. The molecule has 28 heavy (non-hydrogen) atoms. The number of ether oxygens (including phenoxy) is 1. The summed E-state index contributed by atoms with van der Waals surface area (Å²) in [5.41, 5.74) is 1.36. The first-order valence-corrected chi connectivity index (χ1v) is 9.26. The topological polar surface area (TPSA) is 68.2 Å². The molecule has 2 aliphatic rings.